The molecule has 106 valence electrons. The molecule has 1 fully saturated rings. The van der Waals surface area contributed by atoms with E-state index in [2.05, 4.69) is 24.1 Å². The number of hydrogen-bond donors (Lipinski definition) is 1. The van der Waals surface area contributed by atoms with Crippen molar-refractivity contribution < 1.29 is 9.13 Å². The van der Waals surface area contributed by atoms with E-state index in [-0.39, 0.29) is 18.0 Å². The number of halogens is 1. The van der Waals surface area contributed by atoms with Crippen LogP contribution in [-0.2, 0) is 4.74 Å². The van der Waals surface area contributed by atoms with E-state index in [1.807, 2.05) is 12.1 Å². The van der Waals surface area contributed by atoms with Crippen molar-refractivity contribution in [3.05, 3.63) is 35.6 Å². The number of nitrogens with one attached hydrogen (secondary N) is 1. The fourth-order valence-corrected chi connectivity index (χ4v) is 2.57. The first-order chi connectivity index (χ1) is 9.24. The molecule has 0 amide bonds. The fourth-order valence-electron chi connectivity index (χ4n) is 2.57. The Hall–Kier alpha value is -0.970. The maximum absolute atomic E-state index is 13.0. The third kappa shape index (κ3) is 3.75. The Morgan fingerprint density at radius 3 is 2.74 bits per heavy atom. The van der Waals surface area contributed by atoms with E-state index in [0.29, 0.717) is 0 Å². The molecule has 1 N–H and O–H groups in total. The minimum Gasteiger partial charge on any atom is -0.374 e. The van der Waals surface area contributed by atoms with Gasteiger partial charge in [0.25, 0.3) is 0 Å². The van der Waals surface area contributed by atoms with Crippen LogP contribution >= 0.6 is 0 Å². The van der Waals surface area contributed by atoms with Crippen LogP contribution in [0.3, 0.4) is 0 Å². The summed E-state index contributed by atoms with van der Waals surface area (Å²) < 4.78 is 18.9. The number of ether oxygens (including phenoxy) is 1. The summed E-state index contributed by atoms with van der Waals surface area (Å²) in [6.07, 6.45) is 0.124. The molecule has 0 saturated carbocycles. The highest BCUT2D eigenvalue weighted by atomic mass is 19.1. The van der Waals surface area contributed by atoms with Crippen molar-refractivity contribution in [3.63, 3.8) is 0 Å². The number of rotatable bonds is 5. The van der Waals surface area contributed by atoms with Crippen LogP contribution in [0.5, 0.6) is 0 Å². The summed E-state index contributed by atoms with van der Waals surface area (Å²) >= 11 is 0. The zero-order valence-corrected chi connectivity index (χ0v) is 11.7. The second kappa shape index (κ2) is 6.98. The van der Waals surface area contributed by atoms with Gasteiger partial charge < -0.3 is 10.1 Å². The molecule has 1 aromatic carbocycles. The van der Waals surface area contributed by atoms with E-state index in [1.54, 1.807) is 0 Å². The Kier molecular flexibility index (Phi) is 5.31. The van der Waals surface area contributed by atoms with Crippen molar-refractivity contribution in [2.45, 2.75) is 26.0 Å². The predicted molar refractivity (Wildman–Crippen MR) is 74.7 cm³/mol. The lowest BCUT2D eigenvalue weighted by atomic mass is 9.99. The molecule has 1 saturated heterocycles. The molecule has 1 aliphatic rings. The van der Waals surface area contributed by atoms with Crippen LogP contribution in [0, 0.1) is 5.82 Å². The van der Waals surface area contributed by atoms with Gasteiger partial charge in [-0.15, -0.1) is 0 Å². The molecule has 19 heavy (non-hydrogen) atoms. The minimum atomic E-state index is -0.196. The molecule has 0 bridgehead atoms. The summed E-state index contributed by atoms with van der Waals surface area (Å²) in [7, 11) is 0. The van der Waals surface area contributed by atoms with Crippen LogP contribution in [0.1, 0.15) is 25.5 Å². The lowest BCUT2D eigenvalue weighted by Gasteiger charge is -2.37. The van der Waals surface area contributed by atoms with E-state index in [1.165, 1.54) is 12.1 Å². The summed E-state index contributed by atoms with van der Waals surface area (Å²) in [6.45, 7) is 8.85. The van der Waals surface area contributed by atoms with Crippen LogP contribution in [-0.4, -0.2) is 43.8 Å². The monoisotopic (exact) mass is 266 g/mol. The standard InChI is InChI=1S/C15H23FN2O/c1-3-17-15(12-5-7-13(16)8-6-12)14-11-18(4-2)9-10-19-14/h5-8,14-15,17H,3-4,9-11H2,1-2H3. The number of hydrogen-bond acceptors (Lipinski definition) is 3. The summed E-state index contributed by atoms with van der Waals surface area (Å²) in [5, 5.41) is 3.46. The molecule has 3 nitrogen and oxygen atoms in total. The minimum absolute atomic E-state index is 0.124. The van der Waals surface area contributed by atoms with E-state index in [9.17, 15) is 4.39 Å². The Labute approximate surface area is 114 Å². The molecule has 4 heteroatoms. The SMILES string of the molecule is CCNC(c1ccc(F)cc1)C1CN(CC)CCO1. The molecular formula is C15H23FN2O. The lowest BCUT2D eigenvalue weighted by Crippen LogP contribution is -2.48. The van der Waals surface area contributed by atoms with Gasteiger partial charge in [-0.3, -0.25) is 4.90 Å². The molecule has 1 heterocycles. The van der Waals surface area contributed by atoms with Gasteiger partial charge in [-0.2, -0.15) is 0 Å². The Bertz CT molecular complexity index is 382. The maximum Gasteiger partial charge on any atom is 0.123 e. The van der Waals surface area contributed by atoms with Crippen molar-refractivity contribution in [1.82, 2.24) is 10.2 Å². The molecule has 1 aliphatic heterocycles. The molecule has 2 unspecified atom stereocenters. The zero-order chi connectivity index (χ0) is 13.7. The molecule has 0 radical (unpaired) electrons. The van der Waals surface area contributed by atoms with Crippen LogP contribution < -0.4 is 5.32 Å². The normalized spacial score (nSPS) is 22.4. The highest BCUT2D eigenvalue weighted by Gasteiger charge is 2.28. The third-order valence-corrected chi connectivity index (χ3v) is 3.65. The average molecular weight is 266 g/mol. The van der Waals surface area contributed by atoms with Gasteiger partial charge in [0.15, 0.2) is 0 Å². The van der Waals surface area contributed by atoms with Gasteiger partial charge in [0.05, 0.1) is 18.8 Å². The smallest absolute Gasteiger partial charge is 0.123 e. The topological polar surface area (TPSA) is 24.5 Å². The van der Waals surface area contributed by atoms with Gasteiger partial charge in [-0.05, 0) is 30.8 Å². The molecule has 1 aromatic rings. The van der Waals surface area contributed by atoms with E-state index in [0.717, 1.165) is 38.3 Å². The Morgan fingerprint density at radius 1 is 1.37 bits per heavy atom. The third-order valence-electron chi connectivity index (χ3n) is 3.65. The quantitative estimate of drug-likeness (QED) is 0.884. The number of nitrogens with zero attached hydrogens (tertiary/aromatic N) is 1. The van der Waals surface area contributed by atoms with Gasteiger partial charge in [0.2, 0.25) is 0 Å². The second-order valence-corrected chi connectivity index (χ2v) is 4.89. The fraction of sp³-hybridized carbons (Fsp3) is 0.600. The summed E-state index contributed by atoms with van der Waals surface area (Å²) in [5.74, 6) is -0.196. The molecule has 2 rings (SSSR count). The largest absolute Gasteiger partial charge is 0.374 e. The first kappa shape index (κ1) is 14.4. The van der Waals surface area contributed by atoms with Crippen LogP contribution in [0.15, 0.2) is 24.3 Å². The lowest BCUT2D eigenvalue weighted by molar-refractivity contribution is -0.0453. The highest BCUT2D eigenvalue weighted by Crippen LogP contribution is 2.22. The maximum atomic E-state index is 13.0. The first-order valence-corrected chi connectivity index (χ1v) is 7.07. The highest BCUT2D eigenvalue weighted by molar-refractivity contribution is 5.21. The van der Waals surface area contributed by atoms with Gasteiger partial charge in [0, 0.05) is 13.1 Å². The summed E-state index contributed by atoms with van der Waals surface area (Å²) in [4.78, 5) is 2.39. The van der Waals surface area contributed by atoms with Crippen molar-refractivity contribution in [3.8, 4) is 0 Å². The Balaban J connectivity index is 2.12. The van der Waals surface area contributed by atoms with E-state index >= 15 is 0 Å². The number of benzene rings is 1. The van der Waals surface area contributed by atoms with Crippen molar-refractivity contribution in [1.29, 1.82) is 0 Å². The van der Waals surface area contributed by atoms with Gasteiger partial charge >= 0.3 is 0 Å². The Morgan fingerprint density at radius 2 is 2.11 bits per heavy atom. The number of likely N-dealkylation sites (N-methyl/N-ethyl adjacent to an activating group) is 2. The van der Waals surface area contributed by atoms with Gasteiger partial charge in [-0.1, -0.05) is 26.0 Å². The van der Waals surface area contributed by atoms with Gasteiger partial charge in [0.1, 0.15) is 5.82 Å². The molecule has 2 atom stereocenters. The van der Waals surface area contributed by atoms with Crippen molar-refractivity contribution >= 4 is 0 Å². The van der Waals surface area contributed by atoms with Crippen molar-refractivity contribution in [2.75, 3.05) is 32.8 Å². The van der Waals surface area contributed by atoms with E-state index in [4.69, 9.17) is 4.74 Å². The second-order valence-electron chi connectivity index (χ2n) is 4.89. The van der Waals surface area contributed by atoms with E-state index < -0.39 is 0 Å². The van der Waals surface area contributed by atoms with Crippen molar-refractivity contribution in [2.24, 2.45) is 0 Å². The summed E-state index contributed by atoms with van der Waals surface area (Å²) in [6, 6.07) is 6.84. The first-order valence-electron chi connectivity index (χ1n) is 7.07. The average Bonchev–Trinajstić information content (AvgIpc) is 2.46. The van der Waals surface area contributed by atoms with Gasteiger partial charge in [-0.25, -0.2) is 4.39 Å². The van der Waals surface area contributed by atoms with Crippen LogP contribution in [0.2, 0.25) is 0 Å². The molecule has 0 aliphatic carbocycles. The molecule has 0 aromatic heterocycles. The predicted octanol–water partition coefficient (Wildman–Crippen LogP) is 2.20. The van der Waals surface area contributed by atoms with Crippen LogP contribution in [0.25, 0.3) is 0 Å². The molecular weight excluding hydrogens is 243 g/mol. The van der Waals surface area contributed by atoms with Crippen LogP contribution in [0.4, 0.5) is 4.39 Å². The zero-order valence-electron chi connectivity index (χ0n) is 11.7. The molecule has 0 spiro atoms. The number of morpholine rings is 1. The summed E-state index contributed by atoms with van der Waals surface area (Å²) in [5.41, 5.74) is 1.09.